The first kappa shape index (κ1) is 22.2. The Labute approximate surface area is 171 Å². The fraction of sp³-hybridized carbons (Fsp3) is 0.444. The molecule has 154 valence electrons. The molecule has 1 heterocycles. The van der Waals surface area contributed by atoms with Gasteiger partial charge in [0.2, 0.25) is 10.0 Å². The SMILES string of the molecule is CN=C(NCCCn1nc(C)cc1C)NCCNS(=O)(=O)c1cccc(Cl)c1. The van der Waals surface area contributed by atoms with Crippen molar-refractivity contribution in [2.75, 3.05) is 26.7 Å². The van der Waals surface area contributed by atoms with E-state index in [0.29, 0.717) is 17.5 Å². The average Bonchev–Trinajstić information content (AvgIpc) is 2.97. The maximum atomic E-state index is 12.2. The predicted octanol–water partition coefficient (Wildman–Crippen LogP) is 1.69. The van der Waals surface area contributed by atoms with E-state index in [1.807, 2.05) is 18.5 Å². The van der Waals surface area contributed by atoms with Crippen LogP contribution in [0, 0.1) is 13.8 Å². The van der Waals surface area contributed by atoms with Crippen molar-refractivity contribution in [3.8, 4) is 0 Å². The molecule has 1 aromatic carbocycles. The van der Waals surface area contributed by atoms with Gasteiger partial charge in [0.1, 0.15) is 0 Å². The molecule has 10 heteroatoms. The Morgan fingerprint density at radius 3 is 2.57 bits per heavy atom. The Balaban J connectivity index is 1.68. The zero-order valence-corrected chi connectivity index (χ0v) is 17.9. The van der Waals surface area contributed by atoms with Crippen LogP contribution in [0.4, 0.5) is 0 Å². The van der Waals surface area contributed by atoms with E-state index in [1.54, 1.807) is 19.2 Å². The molecule has 0 saturated heterocycles. The second-order valence-corrected chi connectivity index (χ2v) is 8.49. The Bertz CT molecular complexity index is 911. The minimum atomic E-state index is -3.59. The number of hydrogen-bond acceptors (Lipinski definition) is 4. The molecule has 3 N–H and O–H groups in total. The number of rotatable bonds is 9. The summed E-state index contributed by atoms with van der Waals surface area (Å²) in [6, 6.07) is 8.21. The topological polar surface area (TPSA) is 100 Å². The maximum absolute atomic E-state index is 12.2. The van der Waals surface area contributed by atoms with Crippen molar-refractivity contribution in [1.29, 1.82) is 0 Å². The Kier molecular flexibility index (Phi) is 8.28. The van der Waals surface area contributed by atoms with Gasteiger partial charge in [-0.3, -0.25) is 9.67 Å². The van der Waals surface area contributed by atoms with Gasteiger partial charge < -0.3 is 10.6 Å². The minimum Gasteiger partial charge on any atom is -0.356 e. The second-order valence-electron chi connectivity index (χ2n) is 6.28. The van der Waals surface area contributed by atoms with Crippen LogP contribution in [-0.2, 0) is 16.6 Å². The fourth-order valence-corrected chi connectivity index (χ4v) is 3.97. The summed E-state index contributed by atoms with van der Waals surface area (Å²) in [4.78, 5) is 4.28. The van der Waals surface area contributed by atoms with Crippen LogP contribution in [0.3, 0.4) is 0 Å². The molecule has 8 nitrogen and oxygen atoms in total. The molecule has 0 atom stereocenters. The molecule has 0 aliphatic heterocycles. The van der Waals surface area contributed by atoms with Crippen molar-refractivity contribution in [3.05, 3.63) is 46.7 Å². The predicted molar refractivity (Wildman–Crippen MR) is 112 cm³/mol. The molecule has 0 fully saturated rings. The monoisotopic (exact) mass is 426 g/mol. The number of nitrogens with zero attached hydrogens (tertiary/aromatic N) is 3. The molecule has 0 spiro atoms. The van der Waals surface area contributed by atoms with Crippen molar-refractivity contribution in [2.24, 2.45) is 4.99 Å². The highest BCUT2D eigenvalue weighted by atomic mass is 35.5. The summed E-state index contributed by atoms with van der Waals surface area (Å²) in [5.41, 5.74) is 2.16. The van der Waals surface area contributed by atoms with Crippen LogP contribution in [0.25, 0.3) is 0 Å². The van der Waals surface area contributed by atoms with Crippen LogP contribution in [0.15, 0.2) is 40.2 Å². The van der Waals surface area contributed by atoms with Gasteiger partial charge in [-0.05, 0) is 44.5 Å². The Morgan fingerprint density at radius 2 is 1.93 bits per heavy atom. The third-order valence-electron chi connectivity index (χ3n) is 3.98. The highest BCUT2D eigenvalue weighted by Crippen LogP contribution is 2.14. The van der Waals surface area contributed by atoms with E-state index in [4.69, 9.17) is 11.6 Å². The van der Waals surface area contributed by atoms with E-state index in [1.165, 1.54) is 12.1 Å². The third kappa shape index (κ3) is 6.81. The molecule has 1 aromatic heterocycles. The lowest BCUT2D eigenvalue weighted by Crippen LogP contribution is -2.42. The van der Waals surface area contributed by atoms with E-state index >= 15 is 0 Å². The zero-order valence-electron chi connectivity index (χ0n) is 16.4. The second kappa shape index (κ2) is 10.4. The lowest BCUT2D eigenvalue weighted by atomic mass is 10.4. The van der Waals surface area contributed by atoms with E-state index in [-0.39, 0.29) is 11.4 Å². The number of benzene rings is 1. The van der Waals surface area contributed by atoms with Gasteiger partial charge in [0.15, 0.2) is 5.96 Å². The molecular formula is C18H27ClN6O2S. The molecule has 0 aliphatic rings. The Morgan fingerprint density at radius 1 is 1.18 bits per heavy atom. The number of aliphatic imine (C=N–C) groups is 1. The van der Waals surface area contributed by atoms with Crippen molar-refractivity contribution in [2.45, 2.75) is 31.7 Å². The fourth-order valence-electron chi connectivity index (χ4n) is 2.64. The summed E-state index contributed by atoms with van der Waals surface area (Å²) in [6.07, 6.45) is 0.893. The molecular weight excluding hydrogens is 400 g/mol. The lowest BCUT2D eigenvalue weighted by molar-refractivity contribution is 0.555. The molecule has 2 aromatic rings. The van der Waals surface area contributed by atoms with Gasteiger partial charge in [-0.2, -0.15) is 5.10 Å². The highest BCUT2D eigenvalue weighted by molar-refractivity contribution is 7.89. The van der Waals surface area contributed by atoms with Gasteiger partial charge in [0.25, 0.3) is 0 Å². The van der Waals surface area contributed by atoms with Crippen LogP contribution in [-0.4, -0.2) is 50.8 Å². The van der Waals surface area contributed by atoms with Gasteiger partial charge in [0.05, 0.1) is 10.6 Å². The van der Waals surface area contributed by atoms with Gasteiger partial charge in [0, 0.05) is 43.9 Å². The van der Waals surface area contributed by atoms with E-state index in [9.17, 15) is 8.42 Å². The van der Waals surface area contributed by atoms with Crippen LogP contribution in [0.5, 0.6) is 0 Å². The van der Waals surface area contributed by atoms with Crippen LogP contribution in [0.2, 0.25) is 5.02 Å². The summed E-state index contributed by atoms with van der Waals surface area (Å²) in [5, 5.41) is 11.1. The zero-order chi connectivity index (χ0) is 20.6. The molecule has 0 bridgehead atoms. The first-order valence-electron chi connectivity index (χ1n) is 9.02. The van der Waals surface area contributed by atoms with Crippen LogP contribution in [0.1, 0.15) is 17.8 Å². The quantitative estimate of drug-likeness (QED) is 0.322. The highest BCUT2D eigenvalue weighted by Gasteiger charge is 2.13. The Hall–Kier alpha value is -2.10. The summed E-state index contributed by atoms with van der Waals surface area (Å²) >= 11 is 5.85. The molecule has 0 saturated carbocycles. The summed E-state index contributed by atoms with van der Waals surface area (Å²) in [7, 11) is -1.91. The number of hydrogen-bond donors (Lipinski definition) is 3. The van der Waals surface area contributed by atoms with Gasteiger partial charge in [-0.15, -0.1) is 0 Å². The van der Waals surface area contributed by atoms with Crippen molar-refractivity contribution < 1.29 is 8.42 Å². The lowest BCUT2D eigenvalue weighted by Gasteiger charge is -2.13. The molecule has 0 aliphatic carbocycles. The standard InChI is InChI=1S/C18H27ClN6O2S/c1-14-12-15(2)25(24-14)11-5-8-21-18(20-3)22-9-10-23-28(26,27)17-7-4-6-16(19)13-17/h4,6-7,12-13,23H,5,8-11H2,1-3H3,(H2,20,21,22). The summed E-state index contributed by atoms with van der Waals surface area (Å²) in [5.74, 6) is 0.621. The van der Waals surface area contributed by atoms with Crippen LogP contribution >= 0.6 is 11.6 Å². The smallest absolute Gasteiger partial charge is 0.240 e. The van der Waals surface area contributed by atoms with Gasteiger partial charge >= 0.3 is 0 Å². The largest absolute Gasteiger partial charge is 0.356 e. The van der Waals surface area contributed by atoms with E-state index in [2.05, 4.69) is 31.5 Å². The van der Waals surface area contributed by atoms with Crippen molar-refractivity contribution >= 4 is 27.6 Å². The average molecular weight is 427 g/mol. The molecule has 2 rings (SSSR count). The van der Waals surface area contributed by atoms with Crippen molar-refractivity contribution in [1.82, 2.24) is 25.1 Å². The molecule has 0 amide bonds. The summed E-state index contributed by atoms with van der Waals surface area (Å²) in [6.45, 7) is 6.19. The minimum absolute atomic E-state index is 0.145. The van der Waals surface area contributed by atoms with E-state index in [0.717, 1.165) is 30.9 Å². The number of halogens is 1. The van der Waals surface area contributed by atoms with Gasteiger partial charge in [-0.1, -0.05) is 17.7 Å². The normalized spacial score (nSPS) is 12.2. The first-order valence-corrected chi connectivity index (χ1v) is 10.9. The van der Waals surface area contributed by atoms with Gasteiger partial charge in [-0.25, -0.2) is 13.1 Å². The van der Waals surface area contributed by atoms with Crippen LogP contribution < -0.4 is 15.4 Å². The number of aromatic nitrogens is 2. The molecule has 0 radical (unpaired) electrons. The summed E-state index contributed by atoms with van der Waals surface area (Å²) < 4.78 is 29.0. The molecule has 28 heavy (non-hydrogen) atoms. The first-order chi connectivity index (χ1) is 13.3. The third-order valence-corrected chi connectivity index (χ3v) is 5.68. The number of aryl methyl sites for hydroxylation is 3. The number of sulfonamides is 1. The number of guanidine groups is 1. The van der Waals surface area contributed by atoms with Crippen molar-refractivity contribution in [3.63, 3.8) is 0 Å². The molecule has 0 unspecified atom stereocenters. The van der Waals surface area contributed by atoms with E-state index < -0.39 is 10.0 Å². The number of nitrogens with one attached hydrogen (secondary N) is 3. The maximum Gasteiger partial charge on any atom is 0.240 e.